The quantitative estimate of drug-likeness (QED) is 0.452. The minimum absolute atomic E-state index is 0.00819. The third-order valence-electron chi connectivity index (χ3n) is 3.14. The first-order chi connectivity index (χ1) is 11.5. The zero-order chi connectivity index (χ0) is 17.3. The van der Waals surface area contributed by atoms with Gasteiger partial charge in [0.25, 0.3) is 0 Å². The normalized spacial score (nSPS) is 11.4. The number of phenols is 2. The van der Waals surface area contributed by atoms with Crippen LogP contribution in [-0.2, 0) is 6.42 Å². The SMILES string of the molecule is Oc1c(Cl)cc(/C=N\n2c(Cc3cccs3)n[nH]c2=S)c(O)c1Cl. The lowest BCUT2D eigenvalue weighted by Crippen LogP contribution is -1.99. The third-order valence-corrected chi connectivity index (χ3v) is 4.93. The summed E-state index contributed by atoms with van der Waals surface area (Å²) in [4.78, 5) is 1.11. The molecule has 0 amide bonds. The highest BCUT2D eigenvalue weighted by Crippen LogP contribution is 2.40. The molecule has 0 aliphatic rings. The number of aromatic hydroxyl groups is 2. The summed E-state index contributed by atoms with van der Waals surface area (Å²) in [6.45, 7) is 0. The van der Waals surface area contributed by atoms with Gasteiger partial charge in [0.15, 0.2) is 11.6 Å². The summed E-state index contributed by atoms with van der Waals surface area (Å²) >= 11 is 18.4. The Morgan fingerprint density at radius 3 is 2.88 bits per heavy atom. The van der Waals surface area contributed by atoms with Gasteiger partial charge in [0.1, 0.15) is 10.8 Å². The molecular formula is C14H10Cl2N4O2S2. The highest BCUT2D eigenvalue weighted by Gasteiger charge is 2.14. The standard InChI is InChI=1S/C14H10Cl2N4O2S2/c15-9-4-7(12(21)11(16)13(9)22)6-17-20-10(18-19-14(20)23)5-8-2-1-3-24-8/h1-4,6,21-22H,5H2,(H,19,23)/b17-6-. The smallest absolute Gasteiger partial charge is 0.216 e. The number of hydrogen-bond donors (Lipinski definition) is 3. The minimum Gasteiger partial charge on any atom is -0.506 e. The van der Waals surface area contributed by atoms with E-state index in [0.29, 0.717) is 17.0 Å². The van der Waals surface area contributed by atoms with Gasteiger partial charge in [0.05, 0.1) is 11.2 Å². The lowest BCUT2D eigenvalue weighted by atomic mass is 10.2. The summed E-state index contributed by atoms with van der Waals surface area (Å²) in [5, 5.41) is 32.4. The van der Waals surface area contributed by atoms with E-state index in [4.69, 9.17) is 35.4 Å². The first kappa shape index (κ1) is 17.0. The minimum atomic E-state index is -0.383. The number of benzene rings is 1. The molecule has 0 bridgehead atoms. The van der Waals surface area contributed by atoms with Crippen molar-refractivity contribution in [1.29, 1.82) is 0 Å². The Kier molecular flexibility index (Phi) is 4.91. The van der Waals surface area contributed by atoms with Gasteiger partial charge in [-0.05, 0) is 29.7 Å². The van der Waals surface area contributed by atoms with Gasteiger partial charge in [0.2, 0.25) is 4.77 Å². The topological polar surface area (TPSA) is 86.4 Å². The van der Waals surface area contributed by atoms with E-state index in [2.05, 4.69) is 15.3 Å². The van der Waals surface area contributed by atoms with Gasteiger partial charge in [-0.2, -0.15) is 14.9 Å². The average molecular weight is 401 g/mol. The van der Waals surface area contributed by atoms with Gasteiger partial charge in [-0.1, -0.05) is 29.3 Å². The highest BCUT2D eigenvalue weighted by atomic mass is 35.5. The molecule has 0 saturated carbocycles. The Bertz CT molecular complexity index is 964. The van der Waals surface area contributed by atoms with E-state index in [-0.39, 0.29) is 27.1 Å². The van der Waals surface area contributed by atoms with Crippen LogP contribution in [0.25, 0.3) is 0 Å². The molecule has 1 aromatic carbocycles. The number of nitrogens with one attached hydrogen (secondary N) is 1. The van der Waals surface area contributed by atoms with Gasteiger partial charge in [-0.3, -0.25) is 5.10 Å². The maximum absolute atomic E-state index is 9.98. The second kappa shape index (κ2) is 6.94. The van der Waals surface area contributed by atoms with E-state index >= 15 is 0 Å². The van der Waals surface area contributed by atoms with Gasteiger partial charge < -0.3 is 10.2 Å². The summed E-state index contributed by atoms with van der Waals surface area (Å²) in [6, 6.07) is 5.29. The Balaban J connectivity index is 1.96. The number of phenolic OH excluding ortho intramolecular Hbond substituents is 2. The molecule has 124 valence electrons. The molecule has 0 aliphatic heterocycles. The van der Waals surface area contributed by atoms with Gasteiger partial charge in [-0.15, -0.1) is 11.3 Å². The molecule has 0 saturated heterocycles. The van der Waals surface area contributed by atoms with Crippen LogP contribution < -0.4 is 0 Å². The van der Waals surface area contributed by atoms with Crippen molar-refractivity contribution in [3.8, 4) is 11.5 Å². The molecule has 6 nitrogen and oxygen atoms in total. The van der Waals surface area contributed by atoms with Crippen molar-refractivity contribution in [1.82, 2.24) is 14.9 Å². The largest absolute Gasteiger partial charge is 0.506 e. The third kappa shape index (κ3) is 3.32. The van der Waals surface area contributed by atoms with Crippen LogP contribution in [0.5, 0.6) is 11.5 Å². The molecule has 2 aromatic heterocycles. The van der Waals surface area contributed by atoms with E-state index in [9.17, 15) is 10.2 Å². The molecule has 3 aromatic rings. The van der Waals surface area contributed by atoms with E-state index < -0.39 is 0 Å². The summed E-state index contributed by atoms with van der Waals surface area (Å²) in [5.74, 6) is -0.0856. The van der Waals surface area contributed by atoms with Crippen molar-refractivity contribution >= 4 is 53.0 Å². The number of nitrogens with zero attached hydrogens (tertiary/aromatic N) is 3. The molecule has 2 heterocycles. The molecule has 0 fully saturated rings. The van der Waals surface area contributed by atoms with Gasteiger partial charge >= 0.3 is 0 Å². The van der Waals surface area contributed by atoms with E-state index in [1.54, 1.807) is 11.3 Å². The van der Waals surface area contributed by atoms with Crippen LogP contribution in [0.3, 0.4) is 0 Å². The lowest BCUT2D eigenvalue weighted by molar-refractivity contribution is 0.450. The second-order valence-electron chi connectivity index (χ2n) is 4.72. The summed E-state index contributed by atoms with van der Waals surface area (Å²) in [6.07, 6.45) is 1.90. The summed E-state index contributed by atoms with van der Waals surface area (Å²) in [7, 11) is 0. The molecule has 3 rings (SSSR count). The van der Waals surface area contributed by atoms with Crippen LogP contribution in [0.15, 0.2) is 28.7 Å². The molecule has 10 heteroatoms. The molecule has 3 N–H and O–H groups in total. The van der Waals surface area contributed by atoms with Crippen molar-refractivity contribution in [2.45, 2.75) is 6.42 Å². The number of hydrogen-bond acceptors (Lipinski definition) is 6. The van der Waals surface area contributed by atoms with Crippen LogP contribution in [-0.4, -0.2) is 31.3 Å². The molecule has 24 heavy (non-hydrogen) atoms. The fourth-order valence-corrected chi connectivity index (χ4v) is 3.33. The predicted molar refractivity (Wildman–Crippen MR) is 97.3 cm³/mol. The van der Waals surface area contributed by atoms with Gasteiger partial charge in [-0.25, -0.2) is 0 Å². The number of aromatic amines is 1. The first-order valence-electron chi connectivity index (χ1n) is 6.60. The van der Waals surface area contributed by atoms with Crippen molar-refractivity contribution in [2.24, 2.45) is 5.10 Å². The van der Waals surface area contributed by atoms with Crippen molar-refractivity contribution in [2.75, 3.05) is 0 Å². The number of H-pyrrole nitrogens is 1. The van der Waals surface area contributed by atoms with Crippen LogP contribution >= 0.6 is 46.8 Å². The maximum atomic E-state index is 9.98. The van der Waals surface area contributed by atoms with Crippen LogP contribution in [0, 0.1) is 4.77 Å². The van der Waals surface area contributed by atoms with E-state index in [1.165, 1.54) is 17.0 Å². The Morgan fingerprint density at radius 1 is 1.38 bits per heavy atom. The van der Waals surface area contributed by atoms with Crippen LogP contribution in [0.2, 0.25) is 10.0 Å². The molecule has 0 aliphatic carbocycles. The van der Waals surface area contributed by atoms with Crippen molar-refractivity contribution < 1.29 is 10.2 Å². The predicted octanol–water partition coefficient (Wildman–Crippen LogP) is 4.19. The zero-order valence-electron chi connectivity index (χ0n) is 11.9. The summed E-state index contributed by atoms with van der Waals surface area (Å²) in [5.41, 5.74) is 0.243. The van der Waals surface area contributed by atoms with E-state index in [0.717, 1.165) is 4.88 Å². The number of thiophene rings is 1. The zero-order valence-corrected chi connectivity index (χ0v) is 15.0. The Labute approximate surface area is 155 Å². The van der Waals surface area contributed by atoms with Crippen molar-refractivity contribution in [3.05, 3.63) is 54.7 Å². The lowest BCUT2D eigenvalue weighted by Gasteiger charge is -2.06. The Morgan fingerprint density at radius 2 is 2.17 bits per heavy atom. The van der Waals surface area contributed by atoms with Crippen LogP contribution in [0.1, 0.15) is 16.3 Å². The highest BCUT2D eigenvalue weighted by molar-refractivity contribution is 7.71. The molecular weight excluding hydrogens is 391 g/mol. The second-order valence-corrected chi connectivity index (χ2v) is 6.92. The molecule has 0 spiro atoms. The van der Waals surface area contributed by atoms with Gasteiger partial charge in [0, 0.05) is 16.9 Å². The fraction of sp³-hybridized carbons (Fsp3) is 0.0714. The number of rotatable bonds is 4. The Hall–Kier alpha value is -1.87. The first-order valence-corrected chi connectivity index (χ1v) is 8.64. The summed E-state index contributed by atoms with van der Waals surface area (Å²) < 4.78 is 1.76. The average Bonchev–Trinajstić information content (AvgIpc) is 3.19. The van der Waals surface area contributed by atoms with E-state index in [1.807, 2.05) is 17.5 Å². The molecule has 0 atom stereocenters. The molecule has 0 unspecified atom stereocenters. The number of aromatic nitrogens is 3. The molecule has 0 radical (unpaired) electrons. The number of halogens is 2. The van der Waals surface area contributed by atoms with Crippen molar-refractivity contribution in [3.63, 3.8) is 0 Å². The maximum Gasteiger partial charge on any atom is 0.216 e. The fourth-order valence-electron chi connectivity index (χ4n) is 1.96. The van der Waals surface area contributed by atoms with Crippen LogP contribution in [0.4, 0.5) is 0 Å². The monoisotopic (exact) mass is 400 g/mol.